The maximum absolute atomic E-state index is 13.5. The van der Waals surface area contributed by atoms with Crippen LogP contribution in [0.3, 0.4) is 0 Å². The number of carbonyl (C=O) groups excluding carboxylic acids is 3. The van der Waals surface area contributed by atoms with E-state index >= 15 is 0 Å². The first-order chi connectivity index (χ1) is 14.6. The molecule has 156 valence electrons. The fourth-order valence-electron chi connectivity index (χ4n) is 4.22. The molecule has 0 aromatic heterocycles. The molecule has 30 heavy (non-hydrogen) atoms. The lowest BCUT2D eigenvalue weighted by Crippen LogP contribution is -2.51. The van der Waals surface area contributed by atoms with Gasteiger partial charge in [-0.2, -0.15) is 5.01 Å². The highest BCUT2D eigenvalue weighted by Crippen LogP contribution is 2.35. The van der Waals surface area contributed by atoms with Crippen molar-refractivity contribution in [3.05, 3.63) is 71.8 Å². The molecule has 0 radical (unpaired) electrons. The van der Waals surface area contributed by atoms with E-state index in [2.05, 4.69) is 15.6 Å². The van der Waals surface area contributed by atoms with Gasteiger partial charge in [-0.05, 0) is 37.1 Å². The molecule has 0 bridgehead atoms. The maximum atomic E-state index is 13.5. The second kappa shape index (κ2) is 8.67. The summed E-state index contributed by atoms with van der Waals surface area (Å²) in [5, 5.41) is 3.65. The minimum atomic E-state index is -1.38. The van der Waals surface area contributed by atoms with Crippen LogP contribution in [0.25, 0.3) is 0 Å². The zero-order valence-corrected chi connectivity index (χ0v) is 16.8. The lowest BCUT2D eigenvalue weighted by Gasteiger charge is -2.28. The summed E-state index contributed by atoms with van der Waals surface area (Å²) in [6, 6.07) is 17.5. The first kappa shape index (κ1) is 20.1. The van der Waals surface area contributed by atoms with Crippen LogP contribution in [0, 0.1) is 0 Å². The van der Waals surface area contributed by atoms with Gasteiger partial charge in [0.25, 0.3) is 11.8 Å². The topological polar surface area (TPSA) is 81.8 Å². The van der Waals surface area contributed by atoms with Crippen LogP contribution in [0.1, 0.15) is 36.8 Å². The second-order valence-electron chi connectivity index (χ2n) is 7.78. The molecule has 2 aliphatic heterocycles. The van der Waals surface area contributed by atoms with Crippen molar-refractivity contribution >= 4 is 17.8 Å². The van der Waals surface area contributed by atoms with Crippen LogP contribution >= 0.6 is 0 Å². The lowest BCUT2D eigenvalue weighted by atomic mass is 9.83. The summed E-state index contributed by atoms with van der Waals surface area (Å²) in [5.74, 6) is -0.883. The molecule has 4 rings (SSSR count). The molecule has 0 aliphatic carbocycles. The fraction of sp³-hybridized carbons (Fsp3) is 0.348. The molecular formula is C23H26N4O3. The Bertz CT molecular complexity index is 869. The number of nitrogens with zero attached hydrogens (tertiary/aromatic N) is 2. The van der Waals surface area contributed by atoms with Crippen LogP contribution in [0.15, 0.2) is 60.7 Å². The number of hydrazine groups is 1. The van der Waals surface area contributed by atoms with Gasteiger partial charge in [0.15, 0.2) is 5.54 Å². The molecule has 2 aromatic rings. The van der Waals surface area contributed by atoms with Crippen LogP contribution in [0.5, 0.6) is 0 Å². The minimum Gasteiger partial charge on any atom is -0.314 e. The number of hydrogen-bond donors (Lipinski definition) is 2. The van der Waals surface area contributed by atoms with Gasteiger partial charge >= 0.3 is 6.03 Å². The number of nitrogens with one attached hydrogen (secondary N) is 2. The van der Waals surface area contributed by atoms with Gasteiger partial charge in [0.05, 0.1) is 6.54 Å². The van der Waals surface area contributed by atoms with Crippen molar-refractivity contribution in [2.45, 2.75) is 31.2 Å². The van der Waals surface area contributed by atoms with Gasteiger partial charge in [-0.25, -0.2) is 4.79 Å². The Labute approximate surface area is 176 Å². The van der Waals surface area contributed by atoms with Crippen molar-refractivity contribution in [3.8, 4) is 0 Å². The van der Waals surface area contributed by atoms with Crippen LogP contribution in [-0.2, 0) is 15.1 Å². The highest BCUT2D eigenvalue weighted by Gasteiger charge is 2.54. The molecule has 4 amide bonds. The van der Waals surface area contributed by atoms with Crippen molar-refractivity contribution in [1.82, 2.24) is 20.7 Å². The van der Waals surface area contributed by atoms with Crippen LogP contribution < -0.4 is 10.7 Å². The number of carbonyl (C=O) groups is 3. The number of benzene rings is 2. The molecule has 2 aliphatic rings. The van der Waals surface area contributed by atoms with Crippen LogP contribution in [0.4, 0.5) is 4.79 Å². The standard InChI is InChI=1S/C23H26N4O3/c28-20(17-26-15-9-1-2-10-16-26)25-27-21(29)23(24-22(27)30,18-11-5-3-6-12-18)19-13-7-4-8-14-19/h3-8,11-14H,1-2,9-10,15-17H2,(H,24,30)(H,25,28). The van der Waals surface area contributed by atoms with Crippen LogP contribution in [-0.4, -0.2) is 47.4 Å². The maximum Gasteiger partial charge on any atom is 0.344 e. The summed E-state index contributed by atoms with van der Waals surface area (Å²) in [6.07, 6.45) is 4.45. The number of hydrogen-bond acceptors (Lipinski definition) is 4. The summed E-state index contributed by atoms with van der Waals surface area (Å²) >= 11 is 0. The molecule has 2 aromatic carbocycles. The number of amides is 4. The molecule has 0 unspecified atom stereocenters. The molecule has 0 atom stereocenters. The predicted octanol–water partition coefficient (Wildman–Crippen LogP) is 2.39. The number of urea groups is 1. The third kappa shape index (κ3) is 3.80. The molecule has 7 heteroatoms. The molecular weight excluding hydrogens is 380 g/mol. The Morgan fingerprint density at radius 2 is 1.40 bits per heavy atom. The van der Waals surface area contributed by atoms with Gasteiger partial charge < -0.3 is 5.32 Å². The van der Waals surface area contributed by atoms with Gasteiger partial charge in [0.1, 0.15) is 0 Å². The van der Waals surface area contributed by atoms with Crippen molar-refractivity contribution in [1.29, 1.82) is 0 Å². The zero-order chi connectivity index (χ0) is 21.0. The van der Waals surface area contributed by atoms with E-state index in [1.807, 2.05) is 36.4 Å². The van der Waals surface area contributed by atoms with E-state index in [0.717, 1.165) is 30.9 Å². The molecule has 0 saturated carbocycles. The summed E-state index contributed by atoms with van der Waals surface area (Å²) in [5.41, 5.74) is 2.43. The van der Waals surface area contributed by atoms with Crippen molar-refractivity contribution in [3.63, 3.8) is 0 Å². The summed E-state index contributed by atoms with van der Waals surface area (Å²) in [7, 11) is 0. The highest BCUT2D eigenvalue weighted by molar-refractivity contribution is 6.10. The molecule has 2 fully saturated rings. The number of imide groups is 1. The van der Waals surface area contributed by atoms with E-state index in [4.69, 9.17) is 0 Å². The monoisotopic (exact) mass is 406 g/mol. The largest absolute Gasteiger partial charge is 0.344 e. The van der Waals surface area contributed by atoms with E-state index in [-0.39, 0.29) is 12.5 Å². The van der Waals surface area contributed by atoms with E-state index in [9.17, 15) is 14.4 Å². The zero-order valence-electron chi connectivity index (χ0n) is 16.8. The first-order valence-corrected chi connectivity index (χ1v) is 10.4. The third-order valence-corrected chi connectivity index (χ3v) is 5.74. The molecule has 2 heterocycles. The van der Waals surface area contributed by atoms with Gasteiger partial charge in [-0.15, -0.1) is 0 Å². The van der Waals surface area contributed by atoms with Crippen molar-refractivity contribution in [2.75, 3.05) is 19.6 Å². The highest BCUT2D eigenvalue weighted by atomic mass is 16.2. The smallest absolute Gasteiger partial charge is 0.314 e. The number of likely N-dealkylation sites (tertiary alicyclic amines) is 1. The quantitative estimate of drug-likeness (QED) is 0.747. The molecule has 7 nitrogen and oxygen atoms in total. The minimum absolute atomic E-state index is 0.167. The van der Waals surface area contributed by atoms with Crippen LogP contribution in [0.2, 0.25) is 0 Å². The molecule has 2 N–H and O–H groups in total. The molecule has 0 spiro atoms. The summed E-state index contributed by atoms with van der Waals surface area (Å²) in [6.45, 7) is 1.87. The van der Waals surface area contributed by atoms with Gasteiger partial charge in [0.2, 0.25) is 0 Å². The average molecular weight is 406 g/mol. The van der Waals surface area contributed by atoms with E-state index < -0.39 is 17.5 Å². The average Bonchev–Trinajstić information content (AvgIpc) is 2.94. The Kier molecular flexibility index (Phi) is 5.81. The third-order valence-electron chi connectivity index (χ3n) is 5.74. The fourth-order valence-corrected chi connectivity index (χ4v) is 4.22. The summed E-state index contributed by atoms with van der Waals surface area (Å²) < 4.78 is 0. The Balaban J connectivity index is 1.58. The lowest BCUT2D eigenvalue weighted by molar-refractivity contribution is -0.138. The Morgan fingerprint density at radius 3 is 1.93 bits per heavy atom. The number of rotatable bonds is 5. The van der Waals surface area contributed by atoms with E-state index in [1.54, 1.807) is 24.3 Å². The van der Waals surface area contributed by atoms with Gasteiger partial charge in [0, 0.05) is 0 Å². The second-order valence-corrected chi connectivity index (χ2v) is 7.78. The Hall–Kier alpha value is -3.19. The normalized spacial score (nSPS) is 19.3. The van der Waals surface area contributed by atoms with E-state index in [1.165, 1.54) is 12.8 Å². The SMILES string of the molecule is O=C(CN1CCCCCC1)NN1C(=O)NC(c2ccccc2)(c2ccccc2)C1=O. The molecule has 2 saturated heterocycles. The van der Waals surface area contributed by atoms with Gasteiger partial charge in [-0.3, -0.25) is 19.9 Å². The van der Waals surface area contributed by atoms with E-state index in [0.29, 0.717) is 11.1 Å². The Morgan fingerprint density at radius 1 is 0.867 bits per heavy atom. The van der Waals surface area contributed by atoms with Gasteiger partial charge in [-0.1, -0.05) is 73.5 Å². The van der Waals surface area contributed by atoms with Crippen molar-refractivity contribution in [2.24, 2.45) is 0 Å². The summed E-state index contributed by atoms with van der Waals surface area (Å²) in [4.78, 5) is 41.0. The first-order valence-electron chi connectivity index (χ1n) is 10.4. The predicted molar refractivity (Wildman–Crippen MR) is 112 cm³/mol. The van der Waals surface area contributed by atoms with Crippen molar-refractivity contribution < 1.29 is 14.4 Å².